The van der Waals surface area contributed by atoms with Gasteiger partial charge in [0.2, 0.25) is 0 Å². The zero-order valence-electron chi connectivity index (χ0n) is 8.40. The summed E-state index contributed by atoms with van der Waals surface area (Å²) in [7, 11) is 0. The molecule has 1 saturated carbocycles. The van der Waals surface area contributed by atoms with Crippen LogP contribution in [0.4, 0.5) is 0 Å². The molecule has 3 nitrogen and oxygen atoms in total. The molecule has 1 aliphatic carbocycles. The van der Waals surface area contributed by atoms with Gasteiger partial charge in [-0.05, 0) is 23.5 Å². The number of hydrogen-bond acceptors (Lipinski definition) is 2. The second-order valence-electron chi connectivity index (χ2n) is 3.79. The summed E-state index contributed by atoms with van der Waals surface area (Å²) < 4.78 is 4.12. The van der Waals surface area contributed by atoms with Crippen molar-refractivity contribution < 1.29 is 0 Å². The van der Waals surface area contributed by atoms with E-state index in [0.717, 1.165) is 6.42 Å². The van der Waals surface area contributed by atoms with Crippen LogP contribution in [-0.2, 0) is 0 Å². The molecule has 0 aromatic rings. The average Bonchev–Trinajstić information content (AvgIpc) is 2.41. The quantitative estimate of drug-likeness (QED) is 0.475. The molecule has 1 aliphatic heterocycles. The molecule has 14 heavy (non-hydrogen) atoms. The van der Waals surface area contributed by atoms with Crippen LogP contribution in [0.5, 0.6) is 0 Å². The first-order valence-corrected chi connectivity index (χ1v) is 5.03. The predicted molar refractivity (Wildman–Crippen MR) is 60.2 cm³/mol. The summed E-state index contributed by atoms with van der Waals surface area (Å²) in [4.78, 5) is 0. The first-order valence-electron chi connectivity index (χ1n) is 5.03. The standard InChI is InChI=1S/C11H16N3/c1-8-6-11(14-7-12)10-3-5-13-4-2-9(8)10/h2-5,8,11,14H,6-7,12H2,1H3/q+1. The van der Waals surface area contributed by atoms with Crippen LogP contribution in [-0.4, -0.2) is 25.1 Å². The lowest BCUT2D eigenvalue weighted by atomic mass is 10.0. The summed E-state index contributed by atoms with van der Waals surface area (Å²) in [5, 5.41) is 3.29. The van der Waals surface area contributed by atoms with E-state index in [1.54, 1.807) is 0 Å². The van der Waals surface area contributed by atoms with Crippen LogP contribution in [0.1, 0.15) is 13.3 Å². The van der Waals surface area contributed by atoms with E-state index in [1.165, 1.54) is 11.1 Å². The van der Waals surface area contributed by atoms with Gasteiger partial charge in [0, 0.05) is 24.9 Å². The van der Waals surface area contributed by atoms with Gasteiger partial charge in [-0.15, -0.1) is 4.67 Å². The lowest BCUT2D eigenvalue weighted by Crippen LogP contribution is -2.33. The zero-order valence-corrected chi connectivity index (χ0v) is 8.40. The summed E-state index contributed by atoms with van der Waals surface area (Å²) in [5.41, 5.74) is 8.26. The van der Waals surface area contributed by atoms with Crippen molar-refractivity contribution in [3.8, 4) is 0 Å². The van der Waals surface area contributed by atoms with Crippen molar-refractivity contribution in [3.63, 3.8) is 0 Å². The second-order valence-corrected chi connectivity index (χ2v) is 3.79. The van der Waals surface area contributed by atoms with Gasteiger partial charge in [-0.2, -0.15) is 0 Å². The van der Waals surface area contributed by atoms with Gasteiger partial charge in [0.05, 0.1) is 0 Å². The Morgan fingerprint density at radius 3 is 2.86 bits per heavy atom. The Morgan fingerprint density at radius 1 is 1.43 bits per heavy atom. The fraction of sp³-hybridized carbons (Fsp3) is 0.455. The molecular formula is C11H16N3+. The second kappa shape index (κ2) is 3.93. The van der Waals surface area contributed by atoms with Crippen LogP contribution >= 0.6 is 0 Å². The normalized spacial score (nSPS) is 29.6. The van der Waals surface area contributed by atoms with Gasteiger partial charge < -0.3 is 5.73 Å². The lowest BCUT2D eigenvalue weighted by molar-refractivity contribution is 0.543. The van der Waals surface area contributed by atoms with Gasteiger partial charge in [-0.3, -0.25) is 5.32 Å². The Labute approximate surface area is 84.1 Å². The smallest absolute Gasteiger partial charge is 0.292 e. The molecule has 0 saturated heterocycles. The summed E-state index contributed by atoms with van der Waals surface area (Å²) >= 11 is 0. The maximum atomic E-state index is 5.52. The molecule has 3 heteroatoms. The molecule has 0 radical (unpaired) electrons. The molecule has 3 N–H and O–H groups in total. The van der Waals surface area contributed by atoms with Crippen LogP contribution in [0.25, 0.3) is 0 Å². The first-order chi connectivity index (χ1) is 6.83. The predicted octanol–water partition coefficient (Wildman–Crippen LogP) is -0.0242. The fourth-order valence-electron chi connectivity index (χ4n) is 2.20. The highest BCUT2D eigenvalue weighted by molar-refractivity contribution is 5.85. The Hall–Kier alpha value is -1.15. The number of rotatable bonds is 2. The van der Waals surface area contributed by atoms with Crippen molar-refractivity contribution in [1.82, 2.24) is 9.98 Å². The van der Waals surface area contributed by atoms with Gasteiger partial charge in [-0.25, -0.2) is 0 Å². The first kappa shape index (κ1) is 9.41. The Balaban J connectivity index is 2.29. The zero-order chi connectivity index (χ0) is 9.97. The van der Waals surface area contributed by atoms with E-state index >= 15 is 0 Å². The molecule has 0 aromatic carbocycles. The molecule has 0 aromatic heterocycles. The maximum absolute atomic E-state index is 5.52. The highest BCUT2D eigenvalue weighted by atomic mass is 15.0. The van der Waals surface area contributed by atoms with E-state index in [4.69, 9.17) is 5.73 Å². The van der Waals surface area contributed by atoms with E-state index in [2.05, 4.69) is 29.1 Å². The third-order valence-electron chi connectivity index (χ3n) is 2.87. The summed E-state index contributed by atoms with van der Waals surface area (Å²) in [6.45, 7) is 2.78. The van der Waals surface area contributed by atoms with Crippen molar-refractivity contribution in [3.05, 3.63) is 23.3 Å². The van der Waals surface area contributed by atoms with Crippen LogP contribution < -0.4 is 15.7 Å². The third kappa shape index (κ3) is 1.58. The minimum Gasteiger partial charge on any atom is -0.318 e. The molecule has 1 heterocycles. The van der Waals surface area contributed by atoms with Crippen molar-refractivity contribution in [2.75, 3.05) is 6.67 Å². The number of hydrogen-bond donors (Lipinski definition) is 2. The van der Waals surface area contributed by atoms with Crippen molar-refractivity contribution in [1.29, 1.82) is 0 Å². The topological polar surface area (TPSA) is 52.1 Å². The minimum atomic E-state index is 0.402. The molecule has 1 fully saturated rings. The number of nitrogens with two attached hydrogens (primary N) is 1. The highest BCUT2D eigenvalue weighted by Gasteiger charge is 2.31. The largest absolute Gasteiger partial charge is 0.318 e. The minimum absolute atomic E-state index is 0.402. The van der Waals surface area contributed by atoms with Gasteiger partial charge in [0.15, 0.2) is 0 Å². The van der Waals surface area contributed by atoms with Crippen molar-refractivity contribution >= 4 is 12.4 Å². The molecule has 0 bridgehead atoms. The van der Waals surface area contributed by atoms with E-state index in [9.17, 15) is 0 Å². The highest BCUT2D eigenvalue weighted by Crippen LogP contribution is 2.35. The lowest BCUT2D eigenvalue weighted by Gasteiger charge is -2.11. The molecular weight excluding hydrogens is 174 g/mol. The fourth-order valence-corrected chi connectivity index (χ4v) is 2.20. The van der Waals surface area contributed by atoms with Crippen molar-refractivity contribution in [2.45, 2.75) is 19.4 Å². The van der Waals surface area contributed by atoms with E-state index in [1.807, 2.05) is 12.4 Å². The number of fused-ring (bicyclic) bond motifs is 1. The number of nitrogens with zero attached hydrogens (tertiary/aromatic N) is 1. The van der Waals surface area contributed by atoms with Crippen LogP contribution in [0.3, 0.4) is 0 Å². The SMILES string of the molecule is CC1CC(NCN)C2=CC=[N+]=CC=C21. The molecule has 0 spiro atoms. The number of allylic oxidation sites excluding steroid dienone is 2. The number of nitrogens with one attached hydrogen (secondary N) is 1. The summed E-state index contributed by atoms with van der Waals surface area (Å²) in [6.07, 6.45) is 9.04. The van der Waals surface area contributed by atoms with Crippen LogP contribution in [0.2, 0.25) is 0 Å². The summed E-state index contributed by atoms with van der Waals surface area (Å²) in [5.74, 6) is 0.600. The monoisotopic (exact) mass is 190 g/mol. The summed E-state index contributed by atoms with van der Waals surface area (Å²) in [6, 6.07) is 0.402. The van der Waals surface area contributed by atoms with Gasteiger partial charge >= 0.3 is 0 Å². The molecule has 2 rings (SSSR count). The van der Waals surface area contributed by atoms with Gasteiger partial charge in [0.25, 0.3) is 12.4 Å². The molecule has 2 unspecified atom stereocenters. The van der Waals surface area contributed by atoms with Crippen molar-refractivity contribution in [2.24, 2.45) is 11.7 Å². The Bertz CT molecular complexity index is 346. The average molecular weight is 190 g/mol. The Kier molecular flexibility index (Phi) is 2.64. The van der Waals surface area contributed by atoms with Gasteiger partial charge in [-0.1, -0.05) is 6.92 Å². The van der Waals surface area contributed by atoms with Crippen LogP contribution in [0, 0.1) is 5.92 Å². The Morgan fingerprint density at radius 2 is 2.14 bits per heavy atom. The van der Waals surface area contributed by atoms with E-state index in [0.29, 0.717) is 18.6 Å². The van der Waals surface area contributed by atoms with Gasteiger partial charge in [0.1, 0.15) is 0 Å². The third-order valence-corrected chi connectivity index (χ3v) is 2.87. The van der Waals surface area contributed by atoms with Crippen LogP contribution in [0.15, 0.2) is 23.3 Å². The molecule has 2 atom stereocenters. The molecule has 2 aliphatic rings. The molecule has 0 amide bonds. The maximum Gasteiger partial charge on any atom is 0.292 e. The van der Waals surface area contributed by atoms with E-state index < -0.39 is 0 Å². The molecule has 74 valence electrons. The van der Waals surface area contributed by atoms with E-state index in [-0.39, 0.29) is 0 Å².